The first-order valence-electron chi connectivity index (χ1n) is 9.28. The molecular formula is C22H24N2O2S2. The fraction of sp³-hybridized carbons (Fsp3) is 0.318. The van der Waals surface area contributed by atoms with Crippen LogP contribution in [0, 0.1) is 13.8 Å². The highest BCUT2D eigenvalue weighted by Crippen LogP contribution is 2.30. The molecular weight excluding hydrogens is 388 g/mol. The van der Waals surface area contributed by atoms with Crippen LogP contribution in [0.25, 0.3) is 10.2 Å². The van der Waals surface area contributed by atoms with Crippen LogP contribution in [-0.2, 0) is 13.0 Å². The third-order valence-corrected chi connectivity index (χ3v) is 7.05. The van der Waals surface area contributed by atoms with Gasteiger partial charge in [0.2, 0.25) is 0 Å². The number of hydrogen-bond donors (Lipinski definition) is 0. The van der Waals surface area contributed by atoms with E-state index in [1.165, 1.54) is 28.7 Å². The molecule has 3 rings (SSSR count). The second-order valence-electron chi connectivity index (χ2n) is 6.74. The summed E-state index contributed by atoms with van der Waals surface area (Å²) in [6, 6.07) is 7.72. The van der Waals surface area contributed by atoms with Crippen molar-refractivity contribution in [3.8, 4) is 0 Å². The first-order valence-corrected chi connectivity index (χ1v) is 11.0. The first kappa shape index (κ1) is 20.6. The zero-order valence-electron chi connectivity index (χ0n) is 16.6. The van der Waals surface area contributed by atoms with E-state index in [-0.39, 0.29) is 16.6 Å². The van der Waals surface area contributed by atoms with E-state index in [0.29, 0.717) is 22.7 Å². The number of ketones is 1. The lowest BCUT2D eigenvalue weighted by Crippen LogP contribution is -2.24. The molecule has 0 amide bonds. The Bertz CT molecular complexity index is 1090. The maximum absolute atomic E-state index is 13.0. The van der Waals surface area contributed by atoms with Crippen molar-refractivity contribution in [2.75, 3.05) is 0 Å². The standard InChI is InChI=1S/C22H24N2O2S2/c1-6-12-24-21(26)18-13(3)14(4)27-20(18)23-22(24)28-15(5)19(25)17-10-8-16(7-2)9-11-17/h6,8-11,15H,1,7,12H2,2-5H3/t15-/m1/s1. The highest BCUT2D eigenvalue weighted by atomic mass is 32.2. The molecule has 0 N–H and O–H groups in total. The normalized spacial score (nSPS) is 12.3. The number of thiophene rings is 1. The van der Waals surface area contributed by atoms with Gasteiger partial charge < -0.3 is 0 Å². The summed E-state index contributed by atoms with van der Waals surface area (Å²) < 4.78 is 1.61. The number of fused-ring (bicyclic) bond motifs is 1. The lowest BCUT2D eigenvalue weighted by atomic mass is 10.1. The molecule has 0 fully saturated rings. The number of carbonyl (C=O) groups excluding carboxylic acids is 1. The molecule has 0 aliphatic rings. The van der Waals surface area contributed by atoms with Crippen molar-refractivity contribution >= 4 is 39.1 Å². The Labute approximate surface area is 173 Å². The monoisotopic (exact) mass is 412 g/mol. The Morgan fingerprint density at radius 1 is 1.32 bits per heavy atom. The van der Waals surface area contributed by atoms with Crippen LogP contribution in [0.15, 0.2) is 46.9 Å². The van der Waals surface area contributed by atoms with Gasteiger partial charge in [-0.25, -0.2) is 4.98 Å². The van der Waals surface area contributed by atoms with Gasteiger partial charge in [-0.1, -0.05) is 49.0 Å². The van der Waals surface area contributed by atoms with Crippen molar-refractivity contribution < 1.29 is 4.79 Å². The first-order chi connectivity index (χ1) is 13.4. The SMILES string of the molecule is C=CCn1c(S[C@H](C)C(=O)c2ccc(CC)cc2)nc2sc(C)c(C)c2c1=O. The number of carbonyl (C=O) groups is 1. The molecule has 3 aromatic rings. The van der Waals surface area contributed by atoms with Gasteiger partial charge in [-0.05, 0) is 38.3 Å². The molecule has 1 aromatic carbocycles. The molecule has 0 bridgehead atoms. The van der Waals surface area contributed by atoms with Crippen molar-refractivity contribution in [3.63, 3.8) is 0 Å². The molecule has 0 aliphatic carbocycles. The van der Waals surface area contributed by atoms with Gasteiger partial charge in [0.15, 0.2) is 10.9 Å². The van der Waals surface area contributed by atoms with Crippen LogP contribution in [-0.4, -0.2) is 20.6 Å². The van der Waals surface area contributed by atoms with Crippen LogP contribution < -0.4 is 5.56 Å². The average Bonchev–Trinajstić information content (AvgIpc) is 2.98. The minimum Gasteiger partial charge on any atom is -0.293 e. The van der Waals surface area contributed by atoms with Crippen molar-refractivity contribution in [3.05, 3.63) is 68.8 Å². The number of hydrogen-bond acceptors (Lipinski definition) is 5. The molecule has 4 nitrogen and oxygen atoms in total. The maximum atomic E-state index is 13.0. The Kier molecular flexibility index (Phi) is 6.20. The summed E-state index contributed by atoms with van der Waals surface area (Å²) in [4.78, 5) is 32.5. The number of aryl methyl sites for hydroxylation is 3. The van der Waals surface area contributed by atoms with E-state index < -0.39 is 0 Å². The van der Waals surface area contributed by atoms with Gasteiger partial charge in [0.25, 0.3) is 5.56 Å². The molecule has 0 saturated carbocycles. The largest absolute Gasteiger partial charge is 0.293 e. The Hall–Kier alpha value is -2.18. The zero-order valence-corrected chi connectivity index (χ0v) is 18.2. The summed E-state index contributed by atoms with van der Waals surface area (Å²) in [6.07, 6.45) is 2.62. The second kappa shape index (κ2) is 8.45. The number of Topliss-reactive ketones (excluding diaryl/α,β-unsaturated/α-hetero) is 1. The lowest BCUT2D eigenvalue weighted by Gasteiger charge is -2.14. The summed E-state index contributed by atoms with van der Waals surface area (Å²) >= 11 is 2.85. The third-order valence-electron chi connectivity index (χ3n) is 4.86. The van der Waals surface area contributed by atoms with E-state index in [2.05, 4.69) is 13.5 Å². The number of thioether (sulfide) groups is 1. The lowest BCUT2D eigenvalue weighted by molar-refractivity contribution is 0.0994. The molecule has 2 aromatic heterocycles. The van der Waals surface area contributed by atoms with E-state index >= 15 is 0 Å². The fourth-order valence-electron chi connectivity index (χ4n) is 3.04. The predicted octanol–water partition coefficient (Wildman–Crippen LogP) is 5.19. The van der Waals surface area contributed by atoms with Gasteiger partial charge in [-0.2, -0.15) is 0 Å². The molecule has 6 heteroatoms. The van der Waals surface area contributed by atoms with Crippen LogP contribution in [0.2, 0.25) is 0 Å². The average molecular weight is 413 g/mol. The minimum atomic E-state index is -0.352. The van der Waals surface area contributed by atoms with E-state index in [9.17, 15) is 9.59 Å². The number of allylic oxidation sites excluding steroid dienone is 1. The third kappa shape index (κ3) is 3.84. The number of benzene rings is 1. The predicted molar refractivity (Wildman–Crippen MR) is 119 cm³/mol. The van der Waals surface area contributed by atoms with E-state index in [4.69, 9.17) is 4.98 Å². The van der Waals surface area contributed by atoms with Crippen molar-refractivity contribution in [2.24, 2.45) is 0 Å². The number of rotatable bonds is 7. The molecule has 0 aliphatic heterocycles. The van der Waals surface area contributed by atoms with Crippen LogP contribution in [0.4, 0.5) is 0 Å². The summed E-state index contributed by atoms with van der Waals surface area (Å²) in [6.45, 7) is 12.0. The second-order valence-corrected chi connectivity index (χ2v) is 9.25. The van der Waals surface area contributed by atoms with Crippen LogP contribution in [0.1, 0.15) is 40.2 Å². The van der Waals surface area contributed by atoms with Gasteiger partial charge in [0.1, 0.15) is 4.83 Å². The van der Waals surface area contributed by atoms with Crippen LogP contribution in [0.3, 0.4) is 0 Å². The van der Waals surface area contributed by atoms with E-state index in [1.54, 1.807) is 10.6 Å². The molecule has 146 valence electrons. The van der Waals surface area contributed by atoms with E-state index in [1.807, 2.05) is 45.0 Å². The molecule has 1 atom stereocenters. The van der Waals surface area contributed by atoms with Gasteiger partial charge in [-0.3, -0.25) is 14.2 Å². The molecule has 2 heterocycles. The van der Waals surface area contributed by atoms with Crippen molar-refractivity contribution in [1.29, 1.82) is 0 Å². The van der Waals surface area contributed by atoms with Gasteiger partial charge in [0, 0.05) is 17.0 Å². The van der Waals surface area contributed by atoms with E-state index in [0.717, 1.165) is 21.7 Å². The maximum Gasteiger partial charge on any atom is 0.263 e. The van der Waals surface area contributed by atoms with Crippen LogP contribution >= 0.6 is 23.1 Å². The fourth-order valence-corrected chi connectivity index (χ4v) is 5.11. The summed E-state index contributed by atoms with van der Waals surface area (Å²) in [7, 11) is 0. The quantitative estimate of drug-likeness (QED) is 0.232. The zero-order chi connectivity index (χ0) is 20.4. The molecule has 28 heavy (non-hydrogen) atoms. The highest BCUT2D eigenvalue weighted by molar-refractivity contribution is 8.00. The van der Waals surface area contributed by atoms with Crippen LogP contribution in [0.5, 0.6) is 0 Å². The number of nitrogens with zero attached hydrogens (tertiary/aromatic N) is 2. The molecule has 0 radical (unpaired) electrons. The Morgan fingerprint density at radius 3 is 2.61 bits per heavy atom. The smallest absolute Gasteiger partial charge is 0.263 e. The topological polar surface area (TPSA) is 52.0 Å². The Morgan fingerprint density at radius 2 is 2.00 bits per heavy atom. The Balaban J connectivity index is 1.97. The van der Waals surface area contributed by atoms with Crippen molar-refractivity contribution in [1.82, 2.24) is 9.55 Å². The highest BCUT2D eigenvalue weighted by Gasteiger charge is 2.22. The summed E-state index contributed by atoms with van der Waals surface area (Å²) in [5.74, 6) is 0.0330. The van der Waals surface area contributed by atoms with Gasteiger partial charge >= 0.3 is 0 Å². The van der Waals surface area contributed by atoms with Gasteiger partial charge in [0.05, 0.1) is 10.6 Å². The van der Waals surface area contributed by atoms with Crippen molar-refractivity contribution in [2.45, 2.75) is 51.1 Å². The molecule has 0 saturated heterocycles. The summed E-state index contributed by atoms with van der Waals surface area (Å²) in [5, 5.41) is 0.877. The minimum absolute atomic E-state index is 0.0330. The number of aromatic nitrogens is 2. The van der Waals surface area contributed by atoms with Gasteiger partial charge in [-0.15, -0.1) is 17.9 Å². The molecule has 0 unspecified atom stereocenters. The summed E-state index contributed by atoms with van der Waals surface area (Å²) in [5.41, 5.74) is 2.79. The molecule has 0 spiro atoms.